The first kappa shape index (κ1) is 15.0. The van der Waals surface area contributed by atoms with Crippen molar-refractivity contribution in [3.63, 3.8) is 0 Å². The second-order valence-electron chi connectivity index (χ2n) is 5.42. The van der Waals surface area contributed by atoms with Gasteiger partial charge in [0.25, 0.3) is 5.69 Å². The minimum atomic E-state index is -0.331. The molecule has 4 heteroatoms. The summed E-state index contributed by atoms with van der Waals surface area (Å²) >= 11 is 0. The molecule has 2 aromatic carbocycles. The van der Waals surface area contributed by atoms with Gasteiger partial charge in [-0.05, 0) is 24.5 Å². The van der Waals surface area contributed by atoms with Crippen LogP contribution in [0.15, 0.2) is 48.5 Å². The Morgan fingerprint density at radius 1 is 0.952 bits per heavy atom. The highest BCUT2D eigenvalue weighted by atomic mass is 16.6. The first-order chi connectivity index (χ1) is 10.0. The highest BCUT2D eigenvalue weighted by Gasteiger charge is 2.18. The average Bonchev–Trinajstić information content (AvgIpc) is 2.47. The Morgan fingerprint density at radius 2 is 1.52 bits per heavy atom. The van der Waals surface area contributed by atoms with Crippen LogP contribution in [0.25, 0.3) is 0 Å². The van der Waals surface area contributed by atoms with Gasteiger partial charge in [0.2, 0.25) is 0 Å². The summed E-state index contributed by atoms with van der Waals surface area (Å²) in [4.78, 5) is 10.8. The average molecular weight is 284 g/mol. The molecule has 4 nitrogen and oxygen atoms in total. The van der Waals surface area contributed by atoms with E-state index in [1.54, 1.807) is 18.2 Å². The minimum Gasteiger partial charge on any atom is -0.378 e. The Morgan fingerprint density at radius 3 is 2.14 bits per heavy atom. The van der Waals surface area contributed by atoms with Crippen molar-refractivity contribution in [3.05, 3.63) is 69.8 Å². The molecule has 0 saturated heterocycles. The number of nitrogens with zero attached hydrogens (tertiary/aromatic N) is 1. The van der Waals surface area contributed by atoms with Crippen LogP contribution in [0, 0.1) is 10.1 Å². The predicted octanol–water partition coefficient (Wildman–Crippen LogP) is 4.89. The number of rotatable bonds is 5. The maximum absolute atomic E-state index is 11.1. The molecule has 0 fully saturated rings. The van der Waals surface area contributed by atoms with Crippen molar-refractivity contribution in [3.8, 4) is 0 Å². The lowest BCUT2D eigenvalue weighted by Crippen LogP contribution is -2.10. The molecule has 0 aliphatic heterocycles. The van der Waals surface area contributed by atoms with Crippen molar-refractivity contribution >= 4 is 11.4 Å². The minimum absolute atomic E-state index is 0.133. The van der Waals surface area contributed by atoms with Gasteiger partial charge in [0.05, 0.1) is 16.5 Å². The highest BCUT2D eigenvalue weighted by Crippen LogP contribution is 2.30. The SMILES string of the molecule is CC(C)c1ccccc1NC(C)c1ccccc1[N+](=O)[O-]. The van der Waals surface area contributed by atoms with Crippen molar-refractivity contribution in [1.29, 1.82) is 0 Å². The highest BCUT2D eigenvalue weighted by molar-refractivity contribution is 5.55. The molecule has 0 aliphatic carbocycles. The van der Waals surface area contributed by atoms with E-state index in [0.29, 0.717) is 11.5 Å². The zero-order valence-electron chi connectivity index (χ0n) is 12.5. The van der Waals surface area contributed by atoms with Gasteiger partial charge in [-0.2, -0.15) is 0 Å². The van der Waals surface area contributed by atoms with E-state index in [1.165, 1.54) is 5.56 Å². The first-order valence-corrected chi connectivity index (χ1v) is 7.09. The second kappa shape index (κ2) is 6.39. The predicted molar refractivity (Wildman–Crippen MR) is 85.7 cm³/mol. The van der Waals surface area contributed by atoms with E-state index in [-0.39, 0.29) is 16.7 Å². The lowest BCUT2D eigenvalue weighted by atomic mass is 9.99. The Kier molecular flexibility index (Phi) is 4.58. The standard InChI is InChI=1S/C17H20N2O2/c1-12(2)14-8-4-6-10-16(14)18-13(3)15-9-5-7-11-17(15)19(20)21/h4-13,18H,1-3H3. The van der Waals surface area contributed by atoms with Crippen LogP contribution >= 0.6 is 0 Å². The molecule has 110 valence electrons. The molecule has 0 aromatic heterocycles. The van der Waals surface area contributed by atoms with Gasteiger partial charge < -0.3 is 5.32 Å². The quantitative estimate of drug-likeness (QED) is 0.628. The van der Waals surface area contributed by atoms with Crippen LogP contribution in [-0.2, 0) is 0 Å². The van der Waals surface area contributed by atoms with Crippen molar-refractivity contribution in [2.24, 2.45) is 0 Å². The summed E-state index contributed by atoms with van der Waals surface area (Å²) in [6, 6.07) is 14.8. The maximum atomic E-state index is 11.1. The van der Waals surface area contributed by atoms with Gasteiger partial charge in [-0.3, -0.25) is 10.1 Å². The third-order valence-corrected chi connectivity index (χ3v) is 3.55. The Balaban J connectivity index is 2.31. The van der Waals surface area contributed by atoms with E-state index in [4.69, 9.17) is 0 Å². The molecule has 0 aliphatic rings. The molecule has 0 bridgehead atoms. The topological polar surface area (TPSA) is 55.2 Å². The van der Waals surface area contributed by atoms with E-state index in [9.17, 15) is 10.1 Å². The fraction of sp³-hybridized carbons (Fsp3) is 0.294. The number of benzene rings is 2. The smallest absolute Gasteiger partial charge is 0.274 e. The molecule has 0 radical (unpaired) electrons. The first-order valence-electron chi connectivity index (χ1n) is 7.09. The molecule has 2 rings (SSSR count). The monoisotopic (exact) mass is 284 g/mol. The van der Waals surface area contributed by atoms with Crippen molar-refractivity contribution in [1.82, 2.24) is 0 Å². The molecule has 2 aromatic rings. The summed E-state index contributed by atoms with van der Waals surface area (Å²) in [5.74, 6) is 0.395. The number of nitrogens with one attached hydrogen (secondary N) is 1. The molecule has 0 spiro atoms. The molecular weight excluding hydrogens is 264 g/mol. The summed E-state index contributed by atoms with van der Waals surface area (Å²) in [5, 5.41) is 14.5. The number of nitro groups is 1. The van der Waals surface area contributed by atoms with Gasteiger partial charge in [0, 0.05) is 11.8 Å². The van der Waals surface area contributed by atoms with Gasteiger partial charge in [-0.15, -0.1) is 0 Å². The number of hydrogen-bond acceptors (Lipinski definition) is 3. The largest absolute Gasteiger partial charge is 0.378 e. The van der Waals surface area contributed by atoms with E-state index >= 15 is 0 Å². The van der Waals surface area contributed by atoms with Crippen molar-refractivity contribution in [2.45, 2.75) is 32.7 Å². The van der Waals surface area contributed by atoms with E-state index in [2.05, 4.69) is 25.2 Å². The van der Waals surface area contributed by atoms with Crippen LogP contribution in [-0.4, -0.2) is 4.92 Å². The number of anilines is 1. The molecular formula is C17H20N2O2. The van der Waals surface area contributed by atoms with Crippen LogP contribution < -0.4 is 5.32 Å². The third kappa shape index (κ3) is 3.40. The van der Waals surface area contributed by atoms with Gasteiger partial charge in [-0.1, -0.05) is 50.2 Å². The van der Waals surface area contributed by atoms with Crippen LogP contribution in [0.4, 0.5) is 11.4 Å². The lowest BCUT2D eigenvalue weighted by molar-refractivity contribution is -0.385. The van der Waals surface area contributed by atoms with E-state index in [1.807, 2.05) is 31.2 Å². The fourth-order valence-electron chi connectivity index (χ4n) is 2.46. The summed E-state index contributed by atoms with van der Waals surface area (Å²) < 4.78 is 0. The summed E-state index contributed by atoms with van der Waals surface area (Å²) in [7, 11) is 0. The molecule has 1 unspecified atom stereocenters. The third-order valence-electron chi connectivity index (χ3n) is 3.55. The number of para-hydroxylation sites is 2. The Hall–Kier alpha value is -2.36. The van der Waals surface area contributed by atoms with Crippen molar-refractivity contribution < 1.29 is 4.92 Å². The van der Waals surface area contributed by atoms with Crippen LogP contribution in [0.5, 0.6) is 0 Å². The molecule has 0 amide bonds. The molecule has 0 saturated carbocycles. The fourth-order valence-corrected chi connectivity index (χ4v) is 2.46. The summed E-state index contributed by atoms with van der Waals surface area (Å²) in [6.45, 7) is 6.21. The van der Waals surface area contributed by atoms with Crippen molar-refractivity contribution in [2.75, 3.05) is 5.32 Å². The van der Waals surface area contributed by atoms with Crippen LogP contribution in [0.1, 0.15) is 43.9 Å². The van der Waals surface area contributed by atoms with Gasteiger partial charge >= 0.3 is 0 Å². The van der Waals surface area contributed by atoms with Gasteiger partial charge in [0.1, 0.15) is 0 Å². The molecule has 1 N–H and O–H groups in total. The zero-order valence-corrected chi connectivity index (χ0v) is 12.5. The Bertz CT molecular complexity index is 638. The molecule has 21 heavy (non-hydrogen) atoms. The van der Waals surface area contributed by atoms with Crippen LogP contribution in [0.2, 0.25) is 0 Å². The maximum Gasteiger partial charge on any atom is 0.274 e. The summed E-state index contributed by atoms with van der Waals surface area (Å²) in [6.07, 6.45) is 0. The number of nitro benzene ring substituents is 1. The molecule has 0 heterocycles. The van der Waals surface area contributed by atoms with E-state index in [0.717, 1.165) is 5.69 Å². The number of hydrogen-bond donors (Lipinski definition) is 1. The molecule has 1 atom stereocenters. The normalized spacial score (nSPS) is 12.2. The zero-order chi connectivity index (χ0) is 15.4. The van der Waals surface area contributed by atoms with Gasteiger partial charge in [0.15, 0.2) is 0 Å². The Labute approximate surface area is 125 Å². The van der Waals surface area contributed by atoms with E-state index < -0.39 is 0 Å². The lowest BCUT2D eigenvalue weighted by Gasteiger charge is -2.20. The summed E-state index contributed by atoms with van der Waals surface area (Å²) in [5.41, 5.74) is 3.08. The second-order valence-corrected chi connectivity index (χ2v) is 5.42. The van der Waals surface area contributed by atoms with Crippen LogP contribution in [0.3, 0.4) is 0 Å². The van der Waals surface area contributed by atoms with Gasteiger partial charge in [-0.25, -0.2) is 0 Å².